The maximum Gasteiger partial charge on any atom is 0.267 e. The highest BCUT2D eigenvalue weighted by molar-refractivity contribution is 5.91. The molecule has 0 atom stereocenters. The highest BCUT2D eigenvalue weighted by Crippen LogP contribution is 2.16. The summed E-state index contributed by atoms with van der Waals surface area (Å²) in [6.45, 7) is 3.57. The van der Waals surface area contributed by atoms with E-state index in [0.29, 0.717) is 5.82 Å². The van der Waals surface area contributed by atoms with Crippen molar-refractivity contribution < 1.29 is 9.59 Å². The van der Waals surface area contributed by atoms with Crippen molar-refractivity contribution in [3.8, 4) is 0 Å². The molecule has 1 aromatic heterocycles. The van der Waals surface area contributed by atoms with Crippen LogP contribution >= 0.6 is 0 Å². The Balaban J connectivity index is 1.66. The largest absolute Gasteiger partial charge is 0.370 e. The molecule has 2 amide bonds. The van der Waals surface area contributed by atoms with E-state index in [1.165, 1.54) is 0 Å². The van der Waals surface area contributed by atoms with Gasteiger partial charge in [-0.15, -0.1) is 0 Å². The number of carbonyl (C=O) groups excluding carboxylic acids is 2. The summed E-state index contributed by atoms with van der Waals surface area (Å²) in [5, 5.41) is 3.19. The van der Waals surface area contributed by atoms with Crippen LogP contribution in [0.2, 0.25) is 0 Å². The average molecular weight is 305 g/mol. The molecular weight excluding hydrogens is 282 g/mol. The van der Waals surface area contributed by atoms with Gasteiger partial charge in [0.25, 0.3) is 5.91 Å². The van der Waals surface area contributed by atoms with Gasteiger partial charge in [0.1, 0.15) is 11.5 Å². The molecule has 0 aromatic carbocycles. The molecule has 5 N–H and O–H groups in total. The molecular formula is C15H23N5O2. The molecule has 22 heavy (non-hydrogen) atoms. The fourth-order valence-electron chi connectivity index (χ4n) is 2.63. The van der Waals surface area contributed by atoms with Gasteiger partial charge < -0.3 is 21.7 Å². The Labute approximate surface area is 130 Å². The third-order valence-corrected chi connectivity index (χ3v) is 3.95. The number of hydrogen-bond acceptors (Lipinski definition) is 5. The topological polar surface area (TPSA) is 114 Å². The molecule has 2 rings (SSSR count). The minimum absolute atomic E-state index is 0.0371. The summed E-state index contributed by atoms with van der Waals surface area (Å²) in [7, 11) is 0. The SMILES string of the molecule is NC(=O)c1cccc(NCCCN2CCC(C(N)=O)CC2)n1. The van der Waals surface area contributed by atoms with Gasteiger partial charge in [-0.1, -0.05) is 6.07 Å². The lowest BCUT2D eigenvalue weighted by Gasteiger charge is -2.30. The fraction of sp³-hybridized carbons (Fsp3) is 0.533. The molecule has 1 aliphatic heterocycles. The van der Waals surface area contributed by atoms with E-state index >= 15 is 0 Å². The summed E-state index contributed by atoms with van der Waals surface area (Å²) in [6.07, 6.45) is 2.67. The second-order valence-electron chi connectivity index (χ2n) is 5.57. The number of amides is 2. The maximum absolute atomic E-state index is 11.1. The minimum atomic E-state index is -0.527. The summed E-state index contributed by atoms with van der Waals surface area (Å²) in [4.78, 5) is 28.6. The number of likely N-dealkylation sites (tertiary alicyclic amines) is 1. The molecule has 1 aliphatic rings. The first-order valence-electron chi connectivity index (χ1n) is 7.58. The molecule has 7 heteroatoms. The normalized spacial score (nSPS) is 16.4. The predicted octanol–water partition coefficient (Wildman–Crippen LogP) is 0.180. The summed E-state index contributed by atoms with van der Waals surface area (Å²) < 4.78 is 0. The molecule has 0 spiro atoms. The van der Waals surface area contributed by atoms with E-state index < -0.39 is 5.91 Å². The first kappa shape index (κ1) is 16.2. The van der Waals surface area contributed by atoms with Gasteiger partial charge in [0.05, 0.1) is 0 Å². The number of carbonyl (C=O) groups is 2. The summed E-state index contributed by atoms with van der Waals surface area (Å²) >= 11 is 0. The number of rotatable bonds is 7. The quantitative estimate of drug-likeness (QED) is 0.622. The van der Waals surface area contributed by atoms with Gasteiger partial charge in [-0.2, -0.15) is 0 Å². The molecule has 0 saturated carbocycles. The van der Waals surface area contributed by atoms with Crippen molar-refractivity contribution in [2.24, 2.45) is 17.4 Å². The zero-order valence-corrected chi connectivity index (χ0v) is 12.6. The number of aromatic nitrogens is 1. The van der Waals surface area contributed by atoms with Gasteiger partial charge >= 0.3 is 0 Å². The predicted molar refractivity (Wildman–Crippen MR) is 84.2 cm³/mol. The smallest absolute Gasteiger partial charge is 0.267 e. The van der Waals surface area contributed by atoms with Gasteiger partial charge in [0, 0.05) is 12.5 Å². The van der Waals surface area contributed by atoms with Crippen molar-refractivity contribution >= 4 is 17.6 Å². The number of primary amides is 2. The molecule has 1 aromatic rings. The lowest BCUT2D eigenvalue weighted by molar-refractivity contribution is -0.123. The van der Waals surface area contributed by atoms with Crippen molar-refractivity contribution in [1.29, 1.82) is 0 Å². The van der Waals surface area contributed by atoms with Gasteiger partial charge in [-0.05, 0) is 51.0 Å². The molecule has 2 heterocycles. The molecule has 0 aliphatic carbocycles. The van der Waals surface area contributed by atoms with Gasteiger partial charge in [-0.3, -0.25) is 9.59 Å². The lowest BCUT2D eigenvalue weighted by Crippen LogP contribution is -2.39. The molecule has 0 radical (unpaired) electrons. The van der Waals surface area contributed by atoms with Crippen LogP contribution in [-0.4, -0.2) is 47.9 Å². The fourth-order valence-corrected chi connectivity index (χ4v) is 2.63. The monoisotopic (exact) mass is 305 g/mol. The van der Waals surface area contributed by atoms with Crippen LogP contribution in [-0.2, 0) is 4.79 Å². The Kier molecular flexibility index (Phi) is 5.71. The van der Waals surface area contributed by atoms with Crippen molar-refractivity contribution in [1.82, 2.24) is 9.88 Å². The molecule has 0 bridgehead atoms. The first-order valence-corrected chi connectivity index (χ1v) is 7.58. The van der Waals surface area contributed by atoms with Crippen molar-refractivity contribution in [3.63, 3.8) is 0 Å². The van der Waals surface area contributed by atoms with E-state index in [1.54, 1.807) is 12.1 Å². The van der Waals surface area contributed by atoms with Crippen LogP contribution in [0.25, 0.3) is 0 Å². The second kappa shape index (κ2) is 7.74. The third-order valence-electron chi connectivity index (χ3n) is 3.95. The Bertz CT molecular complexity index is 526. The molecule has 7 nitrogen and oxygen atoms in total. The van der Waals surface area contributed by atoms with Crippen LogP contribution in [0.5, 0.6) is 0 Å². The van der Waals surface area contributed by atoms with Gasteiger partial charge in [0.15, 0.2) is 0 Å². The van der Waals surface area contributed by atoms with E-state index in [9.17, 15) is 9.59 Å². The van der Waals surface area contributed by atoms with Crippen molar-refractivity contribution in [2.75, 3.05) is 31.5 Å². The second-order valence-corrected chi connectivity index (χ2v) is 5.57. The Morgan fingerprint density at radius 1 is 1.27 bits per heavy atom. The highest BCUT2D eigenvalue weighted by Gasteiger charge is 2.22. The molecule has 120 valence electrons. The van der Waals surface area contributed by atoms with Crippen LogP contribution in [0, 0.1) is 5.92 Å². The van der Waals surface area contributed by atoms with Crippen LogP contribution < -0.4 is 16.8 Å². The number of anilines is 1. The number of pyridine rings is 1. The van der Waals surface area contributed by atoms with Crippen LogP contribution in [0.3, 0.4) is 0 Å². The number of nitrogens with two attached hydrogens (primary N) is 2. The first-order chi connectivity index (χ1) is 10.6. The van der Waals surface area contributed by atoms with Crippen molar-refractivity contribution in [2.45, 2.75) is 19.3 Å². The standard InChI is InChI=1S/C15H23N5O2/c16-14(21)11-5-9-20(10-6-11)8-2-7-18-13-4-1-3-12(19-13)15(17)22/h1,3-4,11H,2,5-10H2,(H2,16,21)(H2,17,22)(H,18,19). The number of nitrogens with zero attached hydrogens (tertiary/aromatic N) is 2. The van der Waals surface area contributed by atoms with Crippen molar-refractivity contribution in [3.05, 3.63) is 23.9 Å². The van der Waals surface area contributed by atoms with E-state index in [0.717, 1.165) is 45.4 Å². The third kappa shape index (κ3) is 4.70. The average Bonchev–Trinajstić information content (AvgIpc) is 2.52. The van der Waals surface area contributed by atoms with Crippen LogP contribution in [0.1, 0.15) is 29.8 Å². The Hall–Kier alpha value is -2.15. The zero-order chi connectivity index (χ0) is 15.9. The van der Waals surface area contributed by atoms with E-state index in [1.807, 2.05) is 6.07 Å². The lowest BCUT2D eigenvalue weighted by atomic mass is 9.96. The molecule has 1 saturated heterocycles. The van der Waals surface area contributed by atoms with E-state index in [2.05, 4.69) is 15.2 Å². The molecule has 0 unspecified atom stereocenters. The maximum atomic E-state index is 11.1. The minimum Gasteiger partial charge on any atom is -0.370 e. The number of piperidine rings is 1. The van der Waals surface area contributed by atoms with Gasteiger partial charge in [-0.25, -0.2) is 4.98 Å². The zero-order valence-electron chi connectivity index (χ0n) is 12.6. The van der Waals surface area contributed by atoms with Crippen LogP contribution in [0.4, 0.5) is 5.82 Å². The summed E-state index contributed by atoms with van der Waals surface area (Å²) in [6, 6.07) is 5.16. The highest BCUT2D eigenvalue weighted by atomic mass is 16.1. The molecule has 1 fully saturated rings. The van der Waals surface area contributed by atoms with Crippen LogP contribution in [0.15, 0.2) is 18.2 Å². The summed E-state index contributed by atoms with van der Waals surface area (Å²) in [5.41, 5.74) is 10.8. The number of hydrogen-bond donors (Lipinski definition) is 3. The van der Waals surface area contributed by atoms with E-state index in [4.69, 9.17) is 11.5 Å². The summed E-state index contributed by atoms with van der Waals surface area (Å²) in [5.74, 6) is -0.0125. The number of nitrogens with one attached hydrogen (secondary N) is 1. The Morgan fingerprint density at radius 2 is 2.00 bits per heavy atom. The Morgan fingerprint density at radius 3 is 2.64 bits per heavy atom. The van der Waals surface area contributed by atoms with E-state index in [-0.39, 0.29) is 17.5 Å². The van der Waals surface area contributed by atoms with Gasteiger partial charge in [0.2, 0.25) is 5.91 Å².